The van der Waals surface area contributed by atoms with Gasteiger partial charge >= 0.3 is 0 Å². The average molecular weight is 250 g/mol. The van der Waals surface area contributed by atoms with Gasteiger partial charge in [0.05, 0.1) is 6.10 Å². The van der Waals surface area contributed by atoms with Crippen molar-refractivity contribution in [1.29, 1.82) is 0 Å². The van der Waals surface area contributed by atoms with Crippen LogP contribution in [0.1, 0.15) is 47.4 Å². The third-order valence-corrected chi connectivity index (χ3v) is 4.97. The molecule has 0 aliphatic heterocycles. The lowest BCUT2D eigenvalue weighted by atomic mass is 9.58. The Morgan fingerprint density at radius 3 is 1.84 bits per heavy atom. The molecule has 2 aromatic carbocycles. The zero-order valence-corrected chi connectivity index (χ0v) is 11.1. The van der Waals surface area contributed by atoms with E-state index in [9.17, 15) is 5.11 Å². The number of aliphatic hydroxyl groups excluding tert-OH is 1. The summed E-state index contributed by atoms with van der Waals surface area (Å²) in [5.41, 5.74) is 5.82. The van der Waals surface area contributed by atoms with Gasteiger partial charge in [-0.3, -0.25) is 0 Å². The van der Waals surface area contributed by atoms with Crippen molar-refractivity contribution in [2.45, 2.75) is 31.3 Å². The van der Waals surface area contributed by atoms with E-state index in [1.165, 1.54) is 22.3 Å². The summed E-state index contributed by atoms with van der Waals surface area (Å²) in [6, 6.07) is 17.6. The molecule has 1 N–H and O–H groups in total. The molecule has 0 amide bonds. The van der Waals surface area contributed by atoms with Crippen LogP contribution >= 0.6 is 0 Å². The molecule has 19 heavy (non-hydrogen) atoms. The number of rotatable bonds is 1. The van der Waals surface area contributed by atoms with E-state index in [1.54, 1.807) is 0 Å². The lowest BCUT2D eigenvalue weighted by Crippen LogP contribution is -2.37. The molecular formula is C18H18O. The minimum atomic E-state index is -0.241. The normalized spacial score (nSPS) is 28.6. The lowest BCUT2D eigenvalue weighted by Gasteiger charge is -2.46. The molecule has 1 heteroatoms. The summed E-state index contributed by atoms with van der Waals surface area (Å²) in [5.74, 6) is 1.20. The molecule has 0 saturated heterocycles. The first-order valence-corrected chi connectivity index (χ1v) is 7.13. The van der Waals surface area contributed by atoms with E-state index in [4.69, 9.17) is 0 Å². The maximum atomic E-state index is 10.2. The van der Waals surface area contributed by atoms with Crippen molar-refractivity contribution in [3.8, 4) is 0 Å². The Morgan fingerprint density at radius 1 is 0.895 bits per heavy atom. The molecule has 2 atom stereocenters. The minimum absolute atomic E-state index is 0.241. The van der Waals surface area contributed by atoms with E-state index < -0.39 is 0 Å². The summed E-state index contributed by atoms with van der Waals surface area (Å²) in [5, 5.41) is 10.2. The van der Waals surface area contributed by atoms with Crippen molar-refractivity contribution >= 4 is 0 Å². The van der Waals surface area contributed by atoms with Gasteiger partial charge in [0.25, 0.3) is 0 Å². The lowest BCUT2D eigenvalue weighted by molar-refractivity contribution is 0.0970. The second-order valence-corrected chi connectivity index (χ2v) is 5.93. The highest BCUT2D eigenvalue weighted by Gasteiger charge is 2.44. The fourth-order valence-electron chi connectivity index (χ4n) is 4.16. The van der Waals surface area contributed by atoms with Gasteiger partial charge in [0.15, 0.2) is 0 Å². The molecule has 0 fully saturated rings. The maximum Gasteiger partial charge on any atom is 0.0549 e. The number of hydrogen-bond donors (Lipinski definition) is 1. The number of benzene rings is 2. The first kappa shape index (κ1) is 11.2. The fourth-order valence-corrected chi connectivity index (χ4v) is 4.16. The Labute approximate surface area is 113 Å². The first-order valence-electron chi connectivity index (χ1n) is 7.13. The summed E-state index contributed by atoms with van der Waals surface area (Å²) in [7, 11) is 0. The predicted octanol–water partition coefficient (Wildman–Crippen LogP) is 3.66. The number of hydrogen-bond acceptors (Lipinski definition) is 1. The smallest absolute Gasteiger partial charge is 0.0549 e. The zero-order valence-electron chi connectivity index (χ0n) is 11.1. The third-order valence-electron chi connectivity index (χ3n) is 4.97. The van der Waals surface area contributed by atoms with E-state index >= 15 is 0 Å². The van der Waals surface area contributed by atoms with Gasteiger partial charge in [-0.25, -0.2) is 0 Å². The quantitative estimate of drug-likeness (QED) is 0.819. The van der Waals surface area contributed by atoms with Crippen LogP contribution in [-0.2, 0) is 0 Å². The fraction of sp³-hybridized carbons (Fsp3) is 0.333. The Morgan fingerprint density at radius 2 is 1.37 bits per heavy atom. The van der Waals surface area contributed by atoms with E-state index in [0.29, 0.717) is 17.8 Å². The van der Waals surface area contributed by atoms with Crippen LogP contribution in [0.4, 0.5) is 0 Å². The van der Waals surface area contributed by atoms with Gasteiger partial charge in [-0.15, -0.1) is 0 Å². The summed E-state index contributed by atoms with van der Waals surface area (Å²) in [4.78, 5) is 0. The van der Waals surface area contributed by atoms with Gasteiger partial charge in [0.1, 0.15) is 0 Å². The molecule has 96 valence electrons. The van der Waals surface area contributed by atoms with Gasteiger partial charge in [-0.1, -0.05) is 48.5 Å². The molecule has 0 radical (unpaired) electrons. The molecule has 0 unspecified atom stereocenters. The van der Waals surface area contributed by atoms with Crippen LogP contribution in [-0.4, -0.2) is 11.2 Å². The molecule has 0 aromatic heterocycles. The first-order chi connectivity index (χ1) is 9.27. The molecule has 3 aliphatic rings. The molecule has 2 aromatic rings. The Balaban J connectivity index is 1.98. The van der Waals surface area contributed by atoms with Crippen molar-refractivity contribution in [2.75, 3.05) is 0 Å². The van der Waals surface area contributed by atoms with E-state index in [0.717, 1.165) is 6.42 Å². The second kappa shape index (κ2) is 3.94. The van der Waals surface area contributed by atoms with Crippen LogP contribution in [0.3, 0.4) is 0 Å². The average Bonchev–Trinajstić information content (AvgIpc) is 2.47. The third kappa shape index (κ3) is 1.45. The summed E-state index contributed by atoms with van der Waals surface area (Å²) in [6.07, 6.45) is 0.838. The predicted molar refractivity (Wildman–Crippen MR) is 76.4 cm³/mol. The molecule has 0 heterocycles. The Bertz CT molecular complexity index is 582. The highest BCUT2D eigenvalue weighted by atomic mass is 16.3. The van der Waals surface area contributed by atoms with Gasteiger partial charge in [-0.2, -0.15) is 0 Å². The van der Waals surface area contributed by atoms with Crippen molar-refractivity contribution in [1.82, 2.24) is 0 Å². The summed E-state index contributed by atoms with van der Waals surface area (Å²) in [6.45, 7) is 1.94. The van der Waals surface area contributed by atoms with Gasteiger partial charge in [-0.05, 0) is 41.5 Å². The van der Waals surface area contributed by atoms with E-state index in [2.05, 4.69) is 48.5 Å². The molecule has 0 saturated carbocycles. The maximum absolute atomic E-state index is 10.2. The topological polar surface area (TPSA) is 20.2 Å². The SMILES string of the molecule is C[C@@H](O)[C@@H]1CC2c3ccccc3C1c1ccccc12. The van der Waals surface area contributed by atoms with Crippen molar-refractivity contribution in [3.05, 3.63) is 70.8 Å². The van der Waals surface area contributed by atoms with Crippen molar-refractivity contribution < 1.29 is 5.11 Å². The standard InChI is InChI=1S/C18H18O/c1-11(19)16-10-17-12-6-2-4-8-14(12)18(16)15-9-5-3-7-13(15)17/h2-9,11,16-19H,10H2,1H3/t11-,16+,17?,18?/m1/s1. The van der Waals surface area contributed by atoms with Crippen LogP contribution in [0.25, 0.3) is 0 Å². The Hall–Kier alpha value is -1.60. The van der Waals surface area contributed by atoms with Gasteiger partial charge < -0.3 is 5.11 Å². The zero-order chi connectivity index (χ0) is 13.0. The van der Waals surface area contributed by atoms with Crippen LogP contribution in [0, 0.1) is 5.92 Å². The highest BCUT2D eigenvalue weighted by Crippen LogP contribution is 2.55. The minimum Gasteiger partial charge on any atom is -0.393 e. The number of aliphatic hydroxyl groups is 1. The van der Waals surface area contributed by atoms with Gasteiger partial charge in [0, 0.05) is 11.8 Å². The molecule has 5 rings (SSSR count). The second-order valence-electron chi connectivity index (χ2n) is 5.93. The van der Waals surface area contributed by atoms with E-state index in [1.807, 2.05) is 6.92 Å². The van der Waals surface area contributed by atoms with Crippen molar-refractivity contribution in [2.24, 2.45) is 5.92 Å². The molecule has 0 spiro atoms. The molecule has 1 nitrogen and oxygen atoms in total. The Kier molecular flexibility index (Phi) is 2.33. The van der Waals surface area contributed by atoms with Crippen LogP contribution < -0.4 is 0 Å². The molecule has 2 bridgehead atoms. The summed E-state index contributed by atoms with van der Waals surface area (Å²) < 4.78 is 0. The summed E-state index contributed by atoms with van der Waals surface area (Å²) >= 11 is 0. The van der Waals surface area contributed by atoms with Gasteiger partial charge in [0.2, 0.25) is 0 Å². The van der Waals surface area contributed by atoms with E-state index in [-0.39, 0.29) is 6.10 Å². The number of fused-ring (bicyclic) bond motifs is 1. The van der Waals surface area contributed by atoms with Crippen molar-refractivity contribution in [3.63, 3.8) is 0 Å². The van der Waals surface area contributed by atoms with Crippen LogP contribution in [0.5, 0.6) is 0 Å². The highest BCUT2D eigenvalue weighted by molar-refractivity contribution is 5.55. The van der Waals surface area contributed by atoms with Crippen LogP contribution in [0.2, 0.25) is 0 Å². The monoisotopic (exact) mass is 250 g/mol. The largest absolute Gasteiger partial charge is 0.393 e. The van der Waals surface area contributed by atoms with Crippen LogP contribution in [0.15, 0.2) is 48.5 Å². The molecule has 3 aliphatic carbocycles. The molecular weight excluding hydrogens is 232 g/mol.